The number of carbonyl (C=O) groups excluding carboxylic acids is 3. The number of hydrogen-bond acceptors (Lipinski definition) is 6. The predicted molar refractivity (Wildman–Crippen MR) is 149 cm³/mol. The molecule has 3 heterocycles. The lowest BCUT2D eigenvalue weighted by Gasteiger charge is -2.36. The number of amides is 3. The van der Waals surface area contributed by atoms with Gasteiger partial charge in [0.2, 0.25) is 5.91 Å². The number of nitrogens with zero attached hydrogens (tertiary/aromatic N) is 3. The van der Waals surface area contributed by atoms with Gasteiger partial charge in [-0.1, -0.05) is 11.6 Å². The number of aryl methyl sites for hydroxylation is 1. The van der Waals surface area contributed by atoms with Crippen LogP contribution in [-0.2, 0) is 24.8 Å². The summed E-state index contributed by atoms with van der Waals surface area (Å²) in [5.41, 5.74) is 2.40. The van der Waals surface area contributed by atoms with Gasteiger partial charge in [-0.05, 0) is 57.5 Å². The zero-order valence-corrected chi connectivity index (χ0v) is 23.4. The second-order valence-electron chi connectivity index (χ2n) is 10.2. The second-order valence-corrected chi connectivity index (χ2v) is 11.8. The van der Waals surface area contributed by atoms with E-state index in [1.54, 1.807) is 6.07 Å². The van der Waals surface area contributed by atoms with E-state index in [0.717, 1.165) is 41.0 Å². The Kier molecular flexibility index (Phi) is 7.74. The molecule has 1 aliphatic heterocycles. The van der Waals surface area contributed by atoms with E-state index in [0.29, 0.717) is 41.5 Å². The lowest BCUT2D eigenvalue weighted by Crippen LogP contribution is -2.56. The van der Waals surface area contributed by atoms with Crippen LogP contribution in [0, 0.1) is 5.92 Å². The summed E-state index contributed by atoms with van der Waals surface area (Å²) in [7, 11) is 3.90. The van der Waals surface area contributed by atoms with Crippen molar-refractivity contribution in [3.8, 4) is 0 Å². The molecule has 0 unspecified atom stereocenters. The van der Waals surface area contributed by atoms with Crippen molar-refractivity contribution in [3.63, 3.8) is 0 Å². The van der Waals surface area contributed by atoms with Gasteiger partial charge >= 0.3 is 0 Å². The topological polar surface area (TPSA) is 108 Å². The smallest absolute Gasteiger partial charge is 0.280 e. The molecule has 0 spiro atoms. The van der Waals surface area contributed by atoms with Gasteiger partial charge in [-0.25, -0.2) is 4.98 Å². The highest BCUT2D eigenvalue weighted by Crippen LogP contribution is 2.29. The number of hydrogen-bond donors (Lipinski definition) is 3. The fourth-order valence-electron chi connectivity index (χ4n) is 5.49. The molecule has 9 nitrogen and oxygen atoms in total. The molecule has 3 atom stereocenters. The van der Waals surface area contributed by atoms with E-state index in [9.17, 15) is 14.4 Å². The number of likely N-dealkylation sites (N-methyl/N-ethyl adjacent to an activating group) is 1. The average Bonchev–Trinajstić information content (AvgIpc) is 3.45. The second kappa shape index (κ2) is 11.0. The van der Waals surface area contributed by atoms with Crippen LogP contribution >= 0.6 is 22.9 Å². The third-order valence-corrected chi connectivity index (χ3v) is 8.87. The molecular formula is C27H33ClN6O3S. The van der Waals surface area contributed by atoms with Gasteiger partial charge in [-0.3, -0.25) is 14.4 Å². The molecule has 0 radical (unpaired) electrons. The summed E-state index contributed by atoms with van der Waals surface area (Å²) in [6.45, 7) is 4.15. The van der Waals surface area contributed by atoms with Crippen molar-refractivity contribution >= 4 is 51.6 Å². The van der Waals surface area contributed by atoms with E-state index < -0.39 is 6.04 Å². The third kappa shape index (κ3) is 5.43. The van der Waals surface area contributed by atoms with Crippen LogP contribution in [-0.4, -0.2) is 64.4 Å². The van der Waals surface area contributed by atoms with Crippen LogP contribution in [0.2, 0.25) is 5.02 Å². The number of halogens is 1. The van der Waals surface area contributed by atoms with Crippen molar-refractivity contribution < 1.29 is 14.4 Å². The van der Waals surface area contributed by atoms with Gasteiger partial charge in [0, 0.05) is 65.9 Å². The van der Waals surface area contributed by atoms with Crippen molar-refractivity contribution in [3.05, 3.63) is 50.6 Å². The van der Waals surface area contributed by atoms with Crippen LogP contribution in [0.15, 0.2) is 24.3 Å². The highest BCUT2D eigenvalue weighted by Gasteiger charge is 2.36. The summed E-state index contributed by atoms with van der Waals surface area (Å²) >= 11 is 7.57. The molecule has 0 bridgehead atoms. The van der Waals surface area contributed by atoms with Crippen molar-refractivity contribution in [1.29, 1.82) is 0 Å². The molecule has 0 saturated heterocycles. The van der Waals surface area contributed by atoms with Gasteiger partial charge in [0.05, 0.1) is 11.7 Å². The lowest BCUT2D eigenvalue weighted by molar-refractivity contribution is -0.126. The lowest BCUT2D eigenvalue weighted by atomic mass is 9.81. The highest BCUT2D eigenvalue weighted by atomic mass is 35.5. The van der Waals surface area contributed by atoms with Crippen LogP contribution in [0.25, 0.3) is 10.9 Å². The van der Waals surface area contributed by atoms with Crippen molar-refractivity contribution in [2.75, 3.05) is 20.1 Å². The molecule has 1 saturated carbocycles. The molecule has 202 valence electrons. The molecular weight excluding hydrogens is 524 g/mol. The van der Waals surface area contributed by atoms with E-state index in [2.05, 4.69) is 32.9 Å². The first-order valence-electron chi connectivity index (χ1n) is 13.0. The molecule has 1 fully saturated rings. The van der Waals surface area contributed by atoms with E-state index in [1.807, 2.05) is 36.7 Å². The summed E-state index contributed by atoms with van der Waals surface area (Å²) in [5, 5.41) is 11.1. The molecule has 3 aromatic rings. The SMILES string of the molecule is CCNC(=O)[C@H]1CC[C@H](NC(=O)c2cc3cc(Cl)ccc3n2C)[C@H](NC(=O)c2nc3c(s2)CN(C)CC3)C1. The van der Waals surface area contributed by atoms with Gasteiger partial charge in [0.25, 0.3) is 11.8 Å². The zero-order valence-electron chi connectivity index (χ0n) is 21.8. The Morgan fingerprint density at radius 2 is 1.89 bits per heavy atom. The van der Waals surface area contributed by atoms with Crippen LogP contribution in [0.4, 0.5) is 0 Å². The molecule has 2 aromatic heterocycles. The maximum Gasteiger partial charge on any atom is 0.280 e. The molecule has 2 aliphatic rings. The summed E-state index contributed by atoms with van der Waals surface area (Å²) in [5.74, 6) is -0.735. The first-order valence-corrected chi connectivity index (χ1v) is 14.2. The molecule has 1 aliphatic carbocycles. The maximum absolute atomic E-state index is 13.4. The van der Waals surface area contributed by atoms with Crippen molar-refractivity contribution in [1.82, 2.24) is 30.4 Å². The molecule has 1 aromatic carbocycles. The number of carbonyl (C=O) groups is 3. The number of nitrogens with one attached hydrogen (secondary N) is 3. The number of thiazole rings is 1. The standard InChI is InChI=1S/C27H33ClN6O3S/c1-4-29-24(35)15-5-7-18(30-25(36)22-13-16-11-17(28)6-8-21(16)34(22)3)20(12-15)31-26(37)27-32-19-9-10-33(2)14-23(19)38-27/h6,8,11,13,15,18,20H,4-5,7,9-10,12,14H2,1-3H3,(H,29,35)(H,30,36)(H,31,37)/t15-,18-,20+/m0/s1. The number of rotatable bonds is 6. The van der Waals surface area contributed by atoms with Gasteiger partial charge in [-0.15, -0.1) is 11.3 Å². The number of aromatic nitrogens is 2. The Hall–Kier alpha value is -2.95. The Bertz CT molecular complexity index is 1380. The van der Waals surface area contributed by atoms with Crippen LogP contribution in [0.3, 0.4) is 0 Å². The number of benzene rings is 1. The minimum atomic E-state index is -0.402. The fourth-order valence-corrected chi connectivity index (χ4v) is 6.76. The van der Waals surface area contributed by atoms with Gasteiger partial charge in [-0.2, -0.15) is 0 Å². The first kappa shape index (κ1) is 26.6. The average molecular weight is 557 g/mol. The van der Waals surface area contributed by atoms with E-state index >= 15 is 0 Å². The Morgan fingerprint density at radius 3 is 2.68 bits per heavy atom. The molecule has 3 amide bonds. The normalized spacial score (nSPS) is 21.6. The van der Waals surface area contributed by atoms with Crippen molar-refractivity contribution in [2.45, 2.75) is 51.2 Å². The van der Waals surface area contributed by atoms with Crippen LogP contribution in [0.5, 0.6) is 0 Å². The quantitative estimate of drug-likeness (QED) is 0.432. The molecule has 3 N–H and O–H groups in total. The summed E-state index contributed by atoms with van der Waals surface area (Å²) < 4.78 is 1.84. The maximum atomic E-state index is 13.4. The Labute approximate surface area is 230 Å². The van der Waals surface area contributed by atoms with Gasteiger partial charge in [0.15, 0.2) is 5.01 Å². The van der Waals surface area contributed by atoms with Gasteiger partial charge in [0.1, 0.15) is 5.69 Å². The fraction of sp³-hybridized carbons (Fsp3) is 0.481. The van der Waals surface area contributed by atoms with Gasteiger partial charge < -0.3 is 25.4 Å². The molecule has 11 heteroatoms. The minimum Gasteiger partial charge on any atom is -0.356 e. The largest absolute Gasteiger partial charge is 0.356 e. The van der Waals surface area contributed by atoms with Crippen molar-refractivity contribution in [2.24, 2.45) is 13.0 Å². The van der Waals surface area contributed by atoms with E-state index in [-0.39, 0.29) is 29.7 Å². The molecule has 38 heavy (non-hydrogen) atoms. The zero-order chi connectivity index (χ0) is 27.0. The Morgan fingerprint density at radius 1 is 1.11 bits per heavy atom. The summed E-state index contributed by atoms with van der Waals surface area (Å²) in [6.07, 6.45) is 2.48. The predicted octanol–water partition coefficient (Wildman–Crippen LogP) is 3.11. The first-order chi connectivity index (χ1) is 18.2. The highest BCUT2D eigenvalue weighted by molar-refractivity contribution is 7.13. The third-order valence-electron chi connectivity index (χ3n) is 7.56. The summed E-state index contributed by atoms with van der Waals surface area (Å²) in [4.78, 5) is 47.3. The minimum absolute atomic E-state index is 0.0187. The van der Waals surface area contributed by atoms with Crippen LogP contribution in [0.1, 0.15) is 57.0 Å². The van der Waals surface area contributed by atoms with E-state index in [4.69, 9.17) is 11.6 Å². The molecule has 5 rings (SSSR count). The van der Waals surface area contributed by atoms with Crippen LogP contribution < -0.4 is 16.0 Å². The summed E-state index contributed by atoms with van der Waals surface area (Å²) in [6, 6.07) is 6.62. The Balaban J connectivity index is 1.35. The number of fused-ring (bicyclic) bond motifs is 2. The van der Waals surface area contributed by atoms with E-state index in [1.165, 1.54) is 11.3 Å². The monoisotopic (exact) mass is 556 g/mol.